The van der Waals surface area contributed by atoms with Gasteiger partial charge in [-0.25, -0.2) is 5.84 Å². The Labute approximate surface area is 116 Å². The van der Waals surface area contributed by atoms with Crippen molar-refractivity contribution in [3.05, 3.63) is 23.8 Å². The van der Waals surface area contributed by atoms with Crippen LogP contribution in [0.5, 0.6) is 6.01 Å². The molecule has 0 aliphatic rings. The van der Waals surface area contributed by atoms with Crippen LogP contribution < -0.4 is 21.3 Å². The van der Waals surface area contributed by atoms with Crippen LogP contribution in [0.25, 0.3) is 0 Å². The van der Waals surface area contributed by atoms with E-state index in [0.29, 0.717) is 19.1 Å². The van der Waals surface area contributed by atoms with E-state index in [2.05, 4.69) is 35.7 Å². The van der Waals surface area contributed by atoms with Crippen molar-refractivity contribution in [3.8, 4) is 6.01 Å². The number of aromatic nitrogens is 5. The maximum Gasteiger partial charge on any atom is 0.323 e. The Morgan fingerprint density at radius 2 is 1.95 bits per heavy atom. The summed E-state index contributed by atoms with van der Waals surface area (Å²) < 4.78 is 5.23. The summed E-state index contributed by atoms with van der Waals surface area (Å²) in [6.45, 7) is 4.61. The zero-order chi connectivity index (χ0) is 14.4. The average Bonchev–Trinajstić information content (AvgIpc) is 2.47. The van der Waals surface area contributed by atoms with Crippen LogP contribution in [0.4, 0.5) is 11.9 Å². The predicted octanol–water partition coefficient (Wildman–Crippen LogP) is 0.266. The highest BCUT2D eigenvalue weighted by Gasteiger charge is 2.06. The minimum absolute atomic E-state index is 0.202. The number of hydrogen-bond donors (Lipinski definition) is 3. The fourth-order valence-corrected chi connectivity index (χ4v) is 1.37. The summed E-state index contributed by atoms with van der Waals surface area (Å²) >= 11 is 0. The van der Waals surface area contributed by atoms with Gasteiger partial charge < -0.3 is 10.1 Å². The van der Waals surface area contributed by atoms with E-state index in [1.807, 2.05) is 13.8 Å². The summed E-state index contributed by atoms with van der Waals surface area (Å²) in [4.78, 5) is 20.5. The van der Waals surface area contributed by atoms with Gasteiger partial charge in [0, 0.05) is 6.20 Å². The minimum Gasteiger partial charge on any atom is -0.464 e. The number of aryl methyl sites for hydroxylation is 1. The Kier molecular flexibility index (Phi) is 4.56. The number of hydrazine groups is 1. The van der Waals surface area contributed by atoms with Crippen molar-refractivity contribution in [1.29, 1.82) is 0 Å². The fourth-order valence-electron chi connectivity index (χ4n) is 1.37. The third-order valence-electron chi connectivity index (χ3n) is 2.28. The van der Waals surface area contributed by atoms with Gasteiger partial charge in [0.1, 0.15) is 0 Å². The number of rotatable bonds is 6. The molecule has 0 atom stereocenters. The number of nitrogens with zero attached hydrogens (tertiary/aromatic N) is 5. The van der Waals surface area contributed by atoms with Gasteiger partial charge in [-0.3, -0.25) is 15.4 Å². The van der Waals surface area contributed by atoms with Gasteiger partial charge in [-0.15, -0.1) is 0 Å². The maximum atomic E-state index is 5.30. The molecular formula is C11H16N8O. The highest BCUT2D eigenvalue weighted by atomic mass is 16.5. The normalized spacial score (nSPS) is 10.2. The van der Waals surface area contributed by atoms with Gasteiger partial charge in [-0.05, 0) is 13.8 Å². The van der Waals surface area contributed by atoms with E-state index in [1.165, 1.54) is 0 Å². The predicted molar refractivity (Wildman–Crippen MR) is 72.9 cm³/mol. The molecule has 2 aromatic heterocycles. The number of hydrogen-bond acceptors (Lipinski definition) is 9. The summed E-state index contributed by atoms with van der Waals surface area (Å²) in [5, 5.41) is 3.01. The molecule has 0 aliphatic heterocycles. The second-order valence-electron chi connectivity index (χ2n) is 3.85. The lowest BCUT2D eigenvalue weighted by Gasteiger charge is -2.08. The monoisotopic (exact) mass is 276 g/mol. The van der Waals surface area contributed by atoms with Crippen LogP contribution in [0.15, 0.2) is 12.4 Å². The van der Waals surface area contributed by atoms with E-state index in [9.17, 15) is 0 Å². The summed E-state index contributed by atoms with van der Waals surface area (Å²) in [5.41, 5.74) is 4.00. The molecule has 0 amide bonds. The summed E-state index contributed by atoms with van der Waals surface area (Å²) in [6.07, 6.45) is 3.39. The van der Waals surface area contributed by atoms with Gasteiger partial charge in [-0.2, -0.15) is 15.0 Å². The lowest BCUT2D eigenvalue weighted by molar-refractivity contribution is 0.312. The molecule has 2 heterocycles. The zero-order valence-electron chi connectivity index (χ0n) is 11.3. The highest BCUT2D eigenvalue weighted by molar-refractivity contribution is 5.35. The van der Waals surface area contributed by atoms with E-state index in [0.717, 1.165) is 11.4 Å². The lowest BCUT2D eigenvalue weighted by Crippen LogP contribution is -2.14. The van der Waals surface area contributed by atoms with Crippen molar-refractivity contribution in [2.24, 2.45) is 5.84 Å². The highest BCUT2D eigenvalue weighted by Crippen LogP contribution is 2.11. The number of nitrogen functional groups attached to an aromatic ring is 1. The first-order chi connectivity index (χ1) is 9.71. The molecule has 0 saturated carbocycles. The maximum absolute atomic E-state index is 5.30. The molecule has 0 aromatic carbocycles. The number of anilines is 2. The first-order valence-electron chi connectivity index (χ1n) is 6.08. The lowest BCUT2D eigenvalue weighted by atomic mass is 10.4. The second kappa shape index (κ2) is 6.57. The third-order valence-corrected chi connectivity index (χ3v) is 2.28. The Balaban J connectivity index is 2.07. The SMILES string of the molecule is CCOc1nc(NN)nc(NCc2cnc(C)cn2)n1. The molecule has 2 rings (SSSR count). The van der Waals surface area contributed by atoms with Crippen LogP contribution in [0.1, 0.15) is 18.3 Å². The van der Waals surface area contributed by atoms with Crippen molar-refractivity contribution >= 4 is 11.9 Å². The van der Waals surface area contributed by atoms with E-state index in [4.69, 9.17) is 10.6 Å². The Morgan fingerprint density at radius 3 is 2.60 bits per heavy atom. The van der Waals surface area contributed by atoms with Crippen LogP contribution in [0.3, 0.4) is 0 Å². The molecule has 9 heteroatoms. The third kappa shape index (κ3) is 3.72. The summed E-state index contributed by atoms with van der Waals surface area (Å²) in [5.74, 6) is 5.87. The molecule has 106 valence electrons. The smallest absolute Gasteiger partial charge is 0.323 e. The van der Waals surface area contributed by atoms with Crippen LogP contribution in [-0.4, -0.2) is 31.5 Å². The molecule has 9 nitrogen and oxygen atoms in total. The molecule has 0 aliphatic carbocycles. The van der Waals surface area contributed by atoms with Crippen LogP contribution in [0, 0.1) is 6.92 Å². The van der Waals surface area contributed by atoms with E-state index < -0.39 is 0 Å². The van der Waals surface area contributed by atoms with Crippen LogP contribution >= 0.6 is 0 Å². The summed E-state index contributed by atoms with van der Waals surface area (Å²) in [7, 11) is 0. The van der Waals surface area contributed by atoms with Crippen molar-refractivity contribution in [2.75, 3.05) is 17.3 Å². The first kappa shape index (κ1) is 13.9. The van der Waals surface area contributed by atoms with Gasteiger partial charge in [0.25, 0.3) is 0 Å². The molecule has 0 saturated heterocycles. The number of nitrogens with two attached hydrogens (primary N) is 1. The van der Waals surface area contributed by atoms with Crippen LogP contribution in [0.2, 0.25) is 0 Å². The fraction of sp³-hybridized carbons (Fsp3) is 0.364. The number of ether oxygens (including phenoxy) is 1. The van der Waals surface area contributed by atoms with Gasteiger partial charge in [0.05, 0.1) is 30.7 Å². The Bertz CT molecular complexity index is 559. The Morgan fingerprint density at radius 1 is 1.15 bits per heavy atom. The zero-order valence-corrected chi connectivity index (χ0v) is 11.3. The topological polar surface area (TPSA) is 124 Å². The van der Waals surface area contributed by atoms with Gasteiger partial charge >= 0.3 is 6.01 Å². The van der Waals surface area contributed by atoms with Crippen molar-refractivity contribution in [3.63, 3.8) is 0 Å². The molecule has 0 unspecified atom stereocenters. The largest absolute Gasteiger partial charge is 0.464 e. The molecule has 2 aromatic rings. The van der Waals surface area contributed by atoms with Gasteiger partial charge in [0.15, 0.2) is 0 Å². The molecule has 0 radical (unpaired) electrons. The van der Waals surface area contributed by atoms with Crippen LogP contribution in [-0.2, 0) is 6.54 Å². The molecular weight excluding hydrogens is 260 g/mol. The number of nitrogens with one attached hydrogen (secondary N) is 2. The van der Waals surface area contributed by atoms with Crippen molar-refractivity contribution in [1.82, 2.24) is 24.9 Å². The van der Waals surface area contributed by atoms with Crippen molar-refractivity contribution < 1.29 is 4.74 Å². The standard InChI is InChI=1S/C11H16N8O/c1-3-20-11-17-9(16-10(18-11)19-12)15-6-8-5-13-7(2)4-14-8/h4-5H,3,6,12H2,1-2H3,(H2,15,16,17,18,19). The minimum atomic E-state index is 0.202. The molecule has 4 N–H and O–H groups in total. The molecule has 20 heavy (non-hydrogen) atoms. The van der Waals surface area contributed by atoms with Crippen molar-refractivity contribution in [2.45, 2.75) is 20.4 Å². The van der Waals surface area contributed by atoms with Gasteiger partial charge in [0.2, 0.25) is 11.9 Å². The quantitative estimate of drug-likeness (QED) is 0.503. The molecule has 0 fully saturated rings. The average molecular weight is 276 g/mol. The van der Waals surface area contributed by atoms with E-state index >= 15 is 0 Å². The molecule has 0 spiro atoms. The summed E-state index contributed by atoms with van der Waals surface area (Å²) in [6, 6.07) is 0.202. The Hall–Kier alpha value is -2.55. The van der Waals surface area contributed by atoms with Gasteiger partial charge in [-0.1, -0.05) is 0 Å². The first-order valence-corrected chi connectivity index (χ1v) is 6.08. The van der Waals surface area contributed by atoms with E-state index in [-0.39, 0.29) is 12.0 Å². The second-order valence-corrected chi connectivity index (χ2v) is 3.85. The van der Waals surface area contributed by atoms with E-state index in [1.54, 1.807) is 12.4 Å². The molecule has 0 bridgehead atoms.